The molecule has 0 fully saturated rings. The van der Waals surface area contributed by atoms with Gasteiger partial charge in [-0.15, -0.1) is 0 Å². The maximum absolute atomic E-state index is 9.38. The lowest BCUT2D eigenvalue weighted by Gasteiger charge is -2.26. The molecule has 0 unspecified atom stereocenters. The Balaban J connectivity index is 2.10. The van der Waals surface area contributed by atoms with Gasteiger partial charge in [0, 0.05) is 17.1 Å². The van der Waals surface area contributed by atoms with Crippen LogP contribution in [0.25, 0.3) is 5.57 Å². The molecule has 0 N–H and O–H groups in total. The molecule has 3 aromatic rings. The summed E-state index contributed by atoms with van der Waals surface area (Å²) in [4.78, 5) is 2.12. The van der Waals surface area contributed by atoms with E-state index in [1.165, 1.54) is 11.1 Å². The molecule has 0 aliphatic heterocycles. The number of benzene rings is 3. The number of allylic oxidation sites excluding steroid dienone is 2. The lowest BCUT2D eigenvalue weighted by molar-refractivity contribution is 1.27. The van der Waals surface area contributed by atoms with E-state index in [-0.39, 0.29) is 11.1 Å². The quantitative estimate of drug-likeness (QED) is 0.517. The number of aryl methyl sites for hydroxylation is 2. The Morgan fingerprint density at radius 1 is 0.586 bits per heavy atom. The van der Waals surface area contributed by atoms with Crippen LogP contribution in [0.1, 0.15) is 16.7 Å². The van der Waals surface area contributed by atoms with E-state index in [0.717, 1.165) is 17.1 Å². The highest BCUT2D eigenvalue weighted by Gasteiger charge is 2.14. The molecule has 0 aliphatic rings. The fourth-order valence-electron chi connectivity index (χ4n) is 3.01. The lowest BCUT2D eigenvalue weighted by atomic mass is 10.0. The molecule has 0 aliphatic carbocycles. The van der Waals surface area contributed by atoms with Crippen molar-refractivity contribution in [3.63, 3.8) is 0 Å². The van der Waals surface area contributed by atoms with E-state index in [4.69, 9.17) is 10.5 Å². The minimum Gasteiger partial charge on any atom is -0.311 e. The first kappa shape index (κ1) is 19.4. The Bertz CT molecular complexity index is 1100. The zero-order valence-corrected chi connectivity index (χ0v) is 16.2. The zero-order chi connectivity index (χ0) is 20.8. The Labute approximate surface area is 170 Å². The second-order valence-corrected chi connectivity index (χ2v) is 6.64. The molecule has 0 saturated carbocycles. The van der Waals surface area contributed by atoms with Crippen molar-refractivity contribution in [2.45, 2.75) is 13.8 Å². The molecule has 4 nitrogen and oxygen atoms in total. The molecule has 0 bridgehead atoms. The fourth-order valence-corrected chi connectivity index (χ4v) is 3.01. The first-order chi connectivity index (χ1) is 14.1. The summed E-state index contributed by atoms with van der Waals surface area (Å²) in [5.41, 5.74) is 5.73. The van der Waals surface area contributed by atoms with Crippen molar-refractivity contribution in [2.75, 3.05) is 4.90 Å². The van der Waals surface area contributed by atoms with Gasteiger partial charge in [0.25, 0.3) is 0 Å². The smallest absolute Gasteiger partial charge is 0.148 e. The van der Waals surface area contributed by atoms with E-state index in [9.17, 15) is 5.26 Å². The molecule has 29 heavy (non-hydrogen) atoms. The maximum atomic E-state index is 9.38. The van der Waals surface area contributed by atoms with Gasteiger partial charge in [0.15, 0.2) is 0 Å². The molecular weight excluding hydrogens is 356 g/mol. The molecule has 0 amide bonds. The highest BCUT2D eigenvalue weighted by atomic mass is 15.1. The molecule has 3 aromatic carbocycles. The van der Waals surface area contributed by atoms with E-state index in [1.54, 1.807) is 24.3 Å². The first-order valence-electron chi connectivity index (χ1n) is 9.06. The van der Waals surface area contributed by atoms with Gasteiger partial charge in [-0.1, -0.05) is 47.5 Å². The molecule has 138 valence electrons. The predicted octanol–water partition coefficient (Wildman–Crippen LogP) is 6.10. The highest BCUT2D eigenvalue weighted by molar-refractivity contribution is 5.85. The molecule has 3 rings (SSSR count). The van der Waals surface area contributed by atoms with E-state index in [2.05, 4.69) is 53.4 Å². The minimum absolute atomic E-state index is 0.0822. The van der Waals surface area contributed by atoms with Crippen LogP contribution in [0.4, 0.5) is 17.1 Å². The SMILES string of the molecule is Cc1ccc(N(c2ccc(C)cc2)c2ccc(C(C#N)=C(C#N)C#N)cc2)cc1. The number of nitrogens with zero attached hydrogens (tertiary/aromatic N) is 4. The molecule has 0 atom stereocenters. The lowest BCUT2D eigenvalue weighted by Crippen LogP contribution is -2.10. The number of hydrogen-bond donors (Lipinski definition) is 0. The number of rotatable bonds is 4. The third-order valence-electron chi connectivity index (χ3n) is 4.58. The summed E-state index contributed by atoms with van der Waals surface area (Å²) < 4.78 is 0. The number of nitriles is 3. The van der Waals surface area contributed by atoms with Gasteiger partial charge in [-0.3, -0.25) is 0 Å². The molecule has 0 spiro atoms. The van der Waals surface area contributed by atoms with Crippen LogP contribution in [0.15, 0.2) is 78.4 Å². The van der Waals surface area contributed by atoms with Crippen LogP contribution in [0, 0.1) is 47.8 Å². The Morgan fingerprint density at radius 3 is 1.31 bits per heavy atom. The summed E-state index contributed by atoms with van der Waals surface area (Å²) in [5.74, 6) is 0. The predicted molar refractivity (Wildman–Crippen MR) is 114 cm³/mol. The largest absolute Gasteiger partial charge is 0.311 e. The van der Waals surface area contributed by atoms with Crippen LogP contribution in [0.5, 0.6) is 0 Å². The molecule has 4 heteroatoms. The van der Waals surface area contributed by atoms with E-state index >= 15 is 0 Å². The van der Waals surface area contributed by atoms with Crippen LogP contribution in [-0.2, 0) is 0 Å². The van der Waals surface area contributed by atoms with Crippen LogP contribution in [-0.4, -0.2) is 0 Å². The van der Waals surface area contributed by atoms with Crippen molar-refractivity contribution >= 4 is 22.6 Å². The van der Waals surface area contributed by atoms with Crippen LogP contribution in [0.2, 0.25) is 0 Å². The summed E-state index contributed by atoms with van der Waals surface area (Å²) in [6.45, 7) is 4.10. The molecular formula is C25H18N4. The normalized spacial score (nSPS) is 9.62. The van der Waals surface area contributed by atoms with E-state index in [1.807, 2.05) is 32.0 Å². The summed E-state index contributed by atoms with van der Waals surface area (Å²) in [6.07, 6.45) is 0. The third-order valence-corrected chi connectivity index (χ3v) is 4.58. The van der Waals surface area contributed by atoms with Crippen LogP contribution >= 0.6 is 0 Å². The monoisotopic (exact) mass is 374 g/mol. The molecule has 0 saturated heterocycles. The maximum Gasteiger partial charge on any atom is 0.148 e. The van der Waals surface area contributed by atoms with Crippen molar-refractivity contribution in [1.82, 2.24) is 0 Å². The average molecular weight is 374 g/mol. The van der Waals surface area contributed by atoms with Crippen LogP contribution < -0.4 is 4.90 Å². The second kappa shape index (κ2) is 8.57. The van der Waals surface area contributed by atoms with Gasteiger partial charge in [0.1, 0.15) is 23.8 Å². The second-order valence-electron chi connectivity index (χ2n) is 6.64. The van der Waals surface area contributed by atoms with Crippen molar-refractivity contribution in [3.05, 3.63) is 95.1 Å². The van der Waals surface area contributed by atoms with Gasteiger partial charge in [0.2, 0.25) is 0 Å². The Morgan fingerprint density at radius 2 is 0.966 bits per heavy atom. The number of hydrogen-bond acceptors (Lipinski definition) is 4. The van der Waals surface area contributed by atoms with Gasteiger partial charge < -0.3 is 4.90 Å². The van der Waals surface area contributed by atoms with E-state index in [0.29, 0.717) is 5.56 Å². The fraction of sp³-hybridized carbons (Fsp3) is 0.0800. The summed E-state index contributed by atoms with van der Waals surface area (Å²) in [6, 6.07) is 29.3. The van der Waals surface area contributed by atoms with Crippen molar-refractivity contribution < 1.29 is 0 Å². The van der Waals surface area contributed by atoms with Crippen molar-refractivity contribution in [1.29, 1.82) is 15.8 Å². The third kappa shape index (κ3) is 4.16. The zero-order valence-electron chi connectivity index (χ0n) is 16.2. The molecule has 0 radical (unpaired) electrons. The van der Waals surface area contributed by atoms with E-state index < -0.39 is 0 Å². The highest BCUT2D eigenvalue weighted by Crippen LogP contribution is 2.35. The summed E-state index contributed by atoms with van der Waals surface area (Å²) in [7, 11) is 0. The Kier molecular flexibility index (Phi) is 5.74. The number of anilines is 3. The van der Waals surface area contributed by atoms with Crippen molar-refractivity contribution in [2.24, 2.45) is 0 Å². The molecule has 0 heterocycles. The summed E-state index contributed by atoms with van der Waals surface area (Å²) >= 11 is 0. The topological polar surface area (TPSA) is 74.6 Å². The van der Waals surface area contributed by atoms with Gasteiger partial charge in [-0.05, 0) is 55.8 Å². The summed E-state index contributed by atoms with van der Waals surface area (Å²) in [5, 5.41) is 27.5. The average Bonchev–Trinajstić information content (AvgIpc) is 2.75. The standard InChI is InChI=1S/C25H18N4/c1-18-3-9-22(10-4-18)29(23-11-5-19(2)6-12-23)24-13-7-20(8-14-24)25(17-28)21(15-26)16-27/h3-14H,1-2H3. The van der Waals surface area contributed by atoms with Crippen molar-refractivity contribution in [3.8, 4) is 18.2 Å². The minimum atomic E-state index is -0.186. The first-order valence-corrected chi connectivity index (χ1v) is 9.06. The molecule has 0 aromatic heterocycles. The van der Waals surface area contributed by atoms with Gasteiger partial charge in [0.05, 0.1) is 5.57 Å². The van der Waals surface area contributed by atoms with Gasteiger partial charge in [-0.25, -0.2) is 0 Å². The van der Waals surface area contributed by atoms with Gasteiger partial charge >= 0.3 is 0 Å². The Hall–Kier alpha value is -4.33. The van der Waals surface area contributed by atoms with Crippen LogP contribution in [0.3, 0.4) is 0 Å². The van der Waals surface area contributed by atoms with Gasteiger partial charge in [-0.2, -0.15) is 15.8 Å².